The number of ether oxygens (including phenoxy) is 1. The van der Waals surface area contributed by atoms with E-state index in [1.807, 2.05) is 13.8 Å². The van der Waals surface area contributed by atoms with Gasteiger partial charge in [0.1, 0.15) is 5.82 Å². The van der Waals surface area contributed by atoms with Crippen molar-refractivity contribution in [1.82, 2.24) is 29.6 Å². The number of nitrogens with one attached hydrogen (secondary N) is 1. The number of carbonyl (C=O) groups is 1. The molecule has 3 aromatic heterocycles. The molecule has 11 nitrogen and oxygen atoms in total. The summed E-state index contributed by atoms with van der Waals surface area (Å²) in [5.41, 5.74) is 8.20. The first-order chi connectivity index (χ1) is 15.6. The molecule has 1 atom stereocenters. The van der Waals surface area contributed by atoms with Crippen molar-refractivity contribution in [3.05, 3.63) is 23.5 Å². The van der Waals surface area contributed by atoms with Crippen molar-refractivity contribution in [2.45, 2.75) is 33.4 Å². The van der Waals surface area contributed by atoms with Gasteiger partial charge in [-0.2, -0.15) is 23.8 Å². The van der Waals surface area contributed by atoms with Crippen molar-refractivity contribution in [3.63, 3.8) is 0 Å². The minimum atomic E-state index is -2.96. The lowest BCUT2D eigenvalue weighted by Gasteiger charge is -2.40. The zero-order chi connectivity index (χ0) is 23.9. The maximum absolute atomic E-state index is 12.9. The first-order valence-electron chi connectivity index (χ1n) is 10.4. The van der Waals surface area contributed by atoms with E-state index >= 15 is 0 Å². The van der Waals surface area contributed by atoms with E-state index < -0.39 is 6.61 Å². The second-order valence-corrected chi connectivity index (χ2v) is 7.89. The third kappa shape index (κ3) is 4.43. The van der Waals surface area contributed by atoms with Crippen LogP contribution in [0.5, 0.6) is 5.88 Å². The molecule has 0 saturated carbocycles. The summed E-state index contributed by atoms with van der Waals surface area (Å²) in [4.78, 5) is 29.4. The number of alkyl halides is 2. The normalized spacial score (nSPS) is 16.5. The number of hydrogen-bond donors (Lipinski definition) is 2. The molecule has 33 heavy (non-hydrogen) atoms. The molecule has 0 spiro atoms. The number of carbonyl (C=O) groups excluding carboxylic acids is 1. The highest BCUT2D eigenvalue weighted by Gasteiger charge is 2.30. The number of anilines is 3. The minimum Gasteiger partial charge on any atom is -0.417 e. The molecule has 4 rings (SSSR count). The lowest BCUT2D eigenvalue weighted by molar-refractivity contribution is -0.0529. The van der Waals surface area contributed by atoms with E-state index in [9.17, 15) is 13.6 Å². The highest BCUT2D eigenvalue weighted by Crippen LogP contribution is 2.30. The van der Waals surface area contributed by atoms with Crippen LogP contribution in [0, 0.1) is 13.8 Å². The maximum Gasteiger partial charge on any atom is 0.388 e. The molecule has 13 heteroatoms. The number of rotatable bonds is 4. The van der Waals surface area contributed by atoms with E-state index in [2.05, 4.69) is 35.0 Å². The third-order valence-corrected chi connectivity index (χ3v) is 5.55. The summed E-state index contributed by atoms with van der Waals surface area (Å²) in [6.07, 6.45) is 0. The number of halogens is 2. The summed E-state index contributed by atoms with van der Waals surface area (Å²) in [6.45, 7) is 3.96. The monoisotopic (exact) mass is 461 g/mol. The maximum atomic E-state index is 12.9. The summed E-state index contributed by atoms with van der Waals surface area (Å²) in [5.74, 6) is 0.657. The van der Waals surface area contributed by atoms with Gasteiger partial charge in [0.05, 0.1) is 22.5 Å². The van der Waals surface area contributed by atoms with Crippen LogP contribution in [0.4, 0.5) is 31.0 Å². The van der Waals surface area contributed by atoms with Crippen LogP contribution in [0.15, 0.2) is 12.1 Å². The number of nitrogens with two attached hydrogens (primary N) is 1. The van der Waals surface area contributed by atoms with Crippen molar-refractivity contribution < 1.29 is 18.3 Å². The van der Waals surface area contributed by atoms with E-state index in [4.69, 9.17) is 5.73 Å². The van der Waals surface area contributed by atoms with Gasteiger partial charge in [-0.25, -0.2) is 14.5 Å². The van der Waals surface area contributed by atoms with Crippen molar-refractivity contribution in [2.75, 3.05) is 35.6 Å². The van der Waals surface area contributed by atoms with Crippen molar-refractivity contribution in [2.24, 2.45) is 7.05 Å². The summed E-state index contributed by atoms with van der Waals surface area (Å²) < 4.78 is 30.7. The molecule has 2 amide bonds. The quantitative estimate of drug-likeness (QED) is 0.606. The van der Waals surface area contributed by atoms with E-state index in [1.165, 1.54) is 12.1 Å². The van der Waals surface area contributed by atoms with E-state index in [1.54, 1.807) is 23.6 Å². The van der Waals surface area contributed by atoms with Gasteiger partial charge in [0, 0.05) is 38.8 Å². The molecular weight excluding hydrogens is 436 g/mol. The Balaban J connectivity index is 1.48. The molecular formula is C20H25F2N9O2. The molecule has 0 radical (unpaired) electrons. The third-order valence-electron chi connectivity index (χ3n) is 5.55. The van der Waals surface area contributed by atoms with Crippen LogP contribution < -0.4 is 20.7 Å². The molecule has 0 bridgehead atoms. The molecule has 1 saturated heterocycles. The highest BCUT2D eigenvalue weighted by atomic mass is 19.3. The summed E-state index contributed by atoms with van der Waals surface area (Å²) in [5, 5.41) is 8.06. The molecule has 1 fully saturated rings. The zero-order valence-corrected chi connectivity index (χ0v) is 18.7. The Hall–Kier alpha value is -3.77. The van der Waals surface area contributed by atoms with Crippen LogP contribution in [-0.2, 0) is 7.05 Å². The second kappa shape index (κ2) is 8.64. The molecule has 3 aromatic rings. The standard InChI is InChI=1S/C20H25F2N9O2/c1-10-9-30(20(32)25-13-5-6-14(24-11(13)2)33-18(21)22)7-8-31(10)17-15-12(3)28-29(4)16(15)26-19(23)27-17/h5-6,10,18H,7-9H2,1-4H3,(H,25,32)(H2,23,26,27)/t10-/m0/s1. The van der Waals surface area contributed by atoms with Crippen molar-refractivity contribution in [3.8, 4) is 5.88 Å². The van der Waals surface area contributed by atoms with Gasteiger partial charge in [0.15, 0.2) is 5.65 Å². The predicted molar refractivity (Wildman–Crippen MR) is 118 cm³/mol. The number of nitrogens with zero attached hydrogens (tertiary/aromatic N) is 7. The van der Waals surface area contributed by atoms with Crippen molar-refractivity contribution in [1.29, 1.82) is 0 Å². The van der Waals surface area contributed by atoms with Crippen LogP contribution in [0.1, 0.15) is 18.3 Å². The lowest BCUT2D eigenvalue weighted by atomic mass is 10.1. The van der Waals surface area contributed by atoms with Gasteiger partial charge < -0.3 is 25.6 Å². The van der Waals surface area contributed by atoms with Gasteiger partial charge in [-0.3, -0.25) is 0 Å². The Labute approximate surface area is 188 Å². The molecule has 176 valence electrons. The van der Waals surface area contributed by atoms with Crippen LogP contribution in [0.25, 0.3) is 11.0 Å². The highest BCUT2D eigenvalue weighted by molar-refractivity contribution is 5.92. The number of pyridine rings is 1. The number of piperazine rings is 1. The Morgan fingerprint density at radius 3 is 2.64 bits per heavy atom. The summed E-state index contributed by atoms with van der Waals surface area (Å²) in [7, 11) is 1.81. The fourth-order valence-corrected chi connectivity index (χ4v) is 4.02. The summed E-state index contributed by atoms with van der Waals surface area (Å²) >= 11 is 0. The Bertz CT molecular complexity index is 1200. The van der Waals surface area contributed by atoms with Gasteiger partial charge in [-0.1, -0.05) is 0 Å². The molecule has 1 aliphatic rings. The van der Waals surface area contributed by atoms with Crippen LogP contribution in [0.2, 0.25) is 0 Å². The van der Waals surface area contributed by atoms with Gasteiger partial charge >= 0.3 is 12.6 Å². The van der Waals surface area contributed by atoms with Gasteiger partial charge in [-0.15, -0.1) is 0 Å². The Morgan fingerprint density at radius 1 is 1.21 bits per heavy atom. The predicted octanol–water partition coefficient (Wildman–Crippen LogP) is 2.30. The number of hydrogen-bond acceptors (Lipinski definition) is 8. The van der Waals surface area contributed by atoms with Gasteiger partial charge in [0.2, 0.25) is 11.8 Å². The zero-order valence-electron chi connectivity index (χ0n) is 18.7. The average molecular weight is 461 g/mol. The van der Waals surface area contributed by atoms with Gasteiger partial charge in [0.25, 0.3) is 0 Å². The molecule has 1 aliphatic heterocycles. The van der Waals surface area contributed by atoms with Gasteiger partial charge in [-0.05, 0) is 26.8 Å². The van der Waals surface area contributed by atoms with E-state index in [0.717, 1.165) is 11.1 Å². The smallest absolute Gasteiger partial charge is 0.388 e. The number of urea groups is 1. The Morgan fingerprint density at radius 2 is 1.97 bits per heavy atom. The lowest BCUT2D eigenvalue weighted by Crippen LogP contribution is -2.55. The Kier molecular flexibility index (Phi) is 5.87. The van der Waals surface area contributed by atoms with E-state index in [-0.39, 0.29) is 23.9 Å². The molecule has 0 aromatic carbocycles. The van der Waals surface area contributed by atoms with Crippen LogP contribution in [0.3, 0.4) is 0 Å². The molecule has 0 unspecified atom stereocenters. The largest absolute Gasteiger partial charge is 0.417 e. The van der Waals surface area contributed by atoms with Crippen molar-refractivity contribution >= 4 is 34.5 Å². The molecule has 0 aliphatic carbocycles. The first-order valence-corrected chi connectivity index (χ1v) is 10.4. The van der Waals surface area contributed by atoms with Crippen LogP contribution in [-0.4, -0.2) is 68.0 Å². The first kappa shape index (κ1) is 22.4. The summed E-state index contributed by atoms with van der Waals surface area (Å²) in [6, 6.07) is 2.42. The molecule has 3 N–H and O–H groups in total. The fraction of sp³-hybridized carbons (Fsp3) is 0.450. The topological polar surface area (TPSA) is 127 Å². The van der Waals surface area contributed by atoms with E-state index in [0.29, 0.717) is 42.5 Å². The number of nitrogen functional groups attached to an aromatic ring is 1. The minimum absolute atomic E-state index is 0.0531. The fourth-order valence-electron chi connectivity index (χ4n) is 4.02. The number of fused-ring (bicyclic) bond motifs is 1. The van der Waals surface area contributed by atoms with Crippen LogP contribution >= 0.6 is 0 Å². The molecule has 4 heterocycles. The number of aryl methyl sites for hydroxylation is 3. The number of aromatic nitrogens is 5. The number of amides is 2. The SMILES string of the molecule is Cc1nc(OC(F)F)ccc1NC(=O)N1CCN(c2nc(N)nc3c2c(C)nn3C)[C@@H](C)C1. The average Bonchev–Trinajstić information content (AvgIpc) is 3.02. The second-order valence-electron chi connectivity index (χ2n) is 7.89.